The number of imidazole rings is 1. The van der Waals surface area contributed by atoms with Crippen molar-refractivity contribution in [1.82, 2.24) is 19.8 Å². The first-order valence-corrected chi connectivity index (χ1v) is 11.6. The number of likely N-dealkylation sites (tertiary alicyclic amines) is 1. The van der Waals surface area contributed by atoms with Gasteiger partial charge in [0.1, 0.15) is 5.82 Å². The number of hydrogen-bond donors (Lipinski definition) is 2. The molecule has 1 aliphatic rings. The van der Waals surface area contributed by atoms with Crippen molar-refractivity contribution in [3.8, 4) is 0 Å². The van der Waals surface area contributed by atoms with Crippen LogP contribution in [-0.2, 0) is 11.3 Å². The number of benzene rings is 2. The van der Waals surface area contributed by atoms with Gasteiger partial charge in [0, 0.05) is 32.2 Å². The molecule has 2 aromatic carbocycles. The van der Waals surface area contributed by atoms with Gasteiger partial charge in [-0.1, -0.05) is 24.3 Å². The van der Waals surface area contributed by atoms with Gasteiger partial charge in [-0.15, -0.1) is 0 Å². The predicted molar refractivity (Wildman–Crippen MR) is 131 cm³/mol. The third-order valence-electron chi connectivity index (χ3n) is 5.80. The monoisotopic (exact) mass is 455 g/mol. The molecule has 2 N–H and O–H groups in total. The van der Waals surface area contributed by atoms with Gasteiger partial charge in [-0.25, -0.2) is 9.37 Å². The maximum Gasteiger partial charge on any atom is 0.256 e. The Morgan fingerprint density at radius 1 is 1.16 bits per heavy atom. The Balaban J connectivity index is 1.37. The van der Waals surface area contributed by atoms with Crippen molar-refractivity contribution in [2.45, 2.75) is 32.4 Å². The van der Waals surface area contributed by atoms with Crippen LogP contribution in [0.25, 0.3) is 11.0 Å². The van der Waals surface area contributed by atoms with Crippen LogP contribution in [0.2, 0.25) is 0 Å². The van der Waals surface area contributed by atoms with Crippen LogP contribution in [0.15, 0.2) is 48.5 Å². The maximum atomic E-state index is 13.3. The molecule has 0 spiro atoms. The summed E-state index contributed by atoms with van der Waals surface area (Å²) < 4.78 is 20.8. The lowest BCUT2D eigenvalue weighted by atomic mass is 10.1. The van der Waals surface area contributed by atoms with Gasteiger partial charge in [-0.05, 0) is 61.8 Å². The molecule has 0 amide bonds. The molecular formula is C24H30FN5OS. The molecule has 0 atom stereocenters. The summed E-state index contributed by atoms with van der Waals surface area (Å²) in [6.45, 7) is 6.97. The Morgan fingerprint density at radius 2 is 1.91 bits per heavy atom. The molecule has 3 aromatic rings. The average molecular weight is 456 g/mol. The third kappa shape index (κ3) is 5.75. The zero-order valence-corrected chi connectivity index (χ0v) is 19.2. The standard InChI is InChI=1S/C24H30FN5OS/c1-2-31-24(32)26-13-16-29-14-11-20(12-15-29)27-23-28-21-5-3-4-6-22(21)30(23)17-18-7-9-19(25)10-8-18/h3-10,20H,2,11-17H2,1H3,(H,26,32)(H,27,28). The molecule has 2 heterocycles. The lowest BCUT2D eigenvalue weighted by molar-refractivity contribution is 0.219. The first-order valence-electron chi connectivity index (χ1n) is 11.2. The van der Waals surface area contributed by atoms with Crippen LogP contribution in [0, 0.1) is 5.82 Å². The molecule has 0 aliphatic carbocycles. The number of nitrogens with one attached hydrogen (secondary N) is 2. The molecule has 1 aromatic heterocycles. The molecule has 0 unspecified atom stereocenters. The summed E-state index contributed by atoms with van der Waals surface area (Å²) in [5.74, 6) is 0.655. The minimum Gasteiger partial charge on any atom is -0.471 e. The number of para-hydroxylation sites is 2. The van der Waals surface area contributed by atoms with Gasteiger partial charge in [0.25, 0.3) is 5.17 Å². The van der Waals surface area contributed by atoms with Crippen molar-refractivity contribution in [3.05, 3.63) is 59.9 Å². The highest BCUT2D eigenvalue weighted by molar-refractivity contribution is 7.80. The number of nitrogens with zero attached hydrogens (tertiary/aromatic N) is 3. The lowest BCUT2D eigenvalue weighted by Crippen LogP contribution is -2.43. The minimum atomic E-state index is -0.218. The number of halogens is 1. The summed E-state index contributed by atoms with van der Waals surface area (Å²) in [6, 6.07) is 15.2. The number of piperidine rings is 1. The van der Waals surface area contributed by atoms with Crippen LogP contribution in [0.1, 0.15) is 25.3 Å². The maximum absolute atomic E-state index is 13.3. The van der Waals surface area contributed by atoms with E-state index in [1.165, 1.54) is 12.1 Å². The Morgan fingerprint density at radius 3 is 2.66 bits per heavy atom. The number of hydrogen-bond acceptors (Lipinski definition) is 5. The number of ether oxygens (including phenoxy) is 1. The van der Waals surface area contributed by atoms with Gasteiger partial charge in [0.15, 0.2) is 0 Å². The number of thiocarbonyl (C=S) groups is 1. The summed E-state index contributed by atoms with van der Waals surface area (Å²) in [5.41, 5.74) is 3.09. The van der Waals surface area contributed by atoms with Crippen molar-refractivity contribution in [3.63, 3.8) is 0 Å². The molecule has 1 saturated heterocycles. The van der Waals surface area contributed by atoms with Crippen LogP contribution >= 0.6 is 12.2 Å². The van der Waals surface area contributed by atoms with Gasteiger partial charge >= 0.3 is 0 Å². The average Bonchev–Trinajstić information content (AvgIpc) is 3.13. The Kier molecular flexibility index (Phi) is 7.55. The molecule has 6 nitrogen and oxygen atoms in total. The second-order valence-electron chi connectivity index (χ2n) is 8.04. The first kappa shape index (κ1) is 22.5. The van der Waals surface area contributed by atoms with Crippen LogP contribution in [0.5, 0.6) is 0 Å². The highest BCUT2D eigenvalue weighted by Crippen LogP contribution is 2.24. The summed E-state index contributed by atoms with van der Waals surface area (Å²) in [7, 11) is 0. The highest BCUT2D eigenvalue weighted by Gasteiger charge is 2.21. The number of fused-ring (bicyclic) bond motifs is 1. The topological polar surface area (TPSA) is 54.4 Å². The molecular weight excluding hydrogens is 425 g/mol. The largest absolute Gasteiger partial charge is 0.471 e. The van der Waals surface area contributed by atoms with E-state index < -0.39 is 0 Å². The fourth-order valence-corrected chi connectivity index (χ4v) is 4.32. The van der Waals surface area contributed by atoms with Gasteiger partial charge in [-0.3, -0.25) is 0 Å². The van der Waals surface area contributed by atoms with Crippen LogP contribution in [0.3, 0.4) is 0 Å². The Labute approximate surface area is 193 Å². The smallest absolute Gasteiger partial charge is 0.256 e. The molecule has 0 saturated carbocycles. The van der Waals surface area contributed by atoms with Gasteiger partial charge in [0.05, 0.1) is 24.2 Å². The van der Waals surface area contributed by atoms with Crippen molar-refractivity contribution in [1.29, 1.82) is 0 Å². The Hall–Kier alpha value is -2.71. The third-order valence-corrected chi connectivity index (χ3v) is 6.06. The van der Waals surface area contributed by atoms with Crippen LogP contribution < -0.4 is 10.6 Å². The molecule has 32 heavy (non-hydrogen) atoms. The molecule has 170 valence electrons. The van der Waals surface area contributed by atoms with E-state index in [9.17, 15) is 4.39 Å². The van der Waals surface area contributed by atoms with Crippen molar-refractivity contribution in [2.75, 3.05) is 38.1 Å². The predicted octanol–water partition coefficient (Wildman–Crippen LogP) is 4.01. The van der Waals surface area contributed by atoms with E-state index in [4.69, 9.17) is 21.9 Å². The second kappa shape index (κ2) is 10.7. The summed E-state index contributed by atoms with van der Waals surface area (Å²) >= 11 is 5.11. The van der Waals surface area contributed by atoms with E-state index in [1.54, 1.807) is 0 Å². The summed E-state index contributed by atoms with van der Waals surface area (Å²) in [4.78, 5) is 7.30. The van der Waals surface area contributed by atoms with E-state index in [-0.39, 0.29) is 5.82 Å². The zero-order chi connectivity index (χ0) is 22.3. The van der Waals surface area contributed by atoms with Crippen LogP contribution in [0.4, 0.5) is 10.3 Å². The highest BCUT2D eigenvalue weighted by atomic mass is 32.1. The number of rotatable bonds is 8. The fraction of sp³-hybridized carbons (Fsp3) is 0.417. The van der Waals surface area contributed by atoms with Crippen LogP contribution in [-0.4, -0.2) is 58.5 Å². The Bertz CT molecular complexity index is 1030. The van der Waals surface area contributed by atoms with Crippen molar-refractivity contribution < 1.29 is 9.13 Å². The van der Waals surface area contributed by atoms with E-state index in [0.29, 0.717) is 24.4 Å². The van der Waals surface area contributed by atoms with E-state index in [2.05, 4.69) is 26.2 Å². The van der Waals surface area contributed by atoms with E-state index in [0.717, 1.165) is 61.6 Å². The van der Waals surface area contributed by atoms with Gasteiger partial charge in [0.2, 0.25) is 5.95 Å². The van der Waals surface area contributed by atoms with E-state index >= 15 is 0 Å². The SMILES string of the molecule is CCOC(=S)NCCN1CCC(Nc2nc3ccccc3n2Cc2ccc(F)cc2)CC1. The first-order chi connectivity index (χ1) is 15.6. The van der Waals surface area contributed by atoms with Crippen molar-refractivity contribution in [2.24, 2.45) is 0 Å². The van der Waals surface area contributed by atoms with E-state index in [1.807, 2.05) is 37.3 Å². The molecule has 8 heteroatoms. The van der Waals surface area contributed by atoms with Crippen molar-refractivity contribution >= 4 is 34.4 Å². The molecule has 0 radical (unpaired) electrons. The lowest BCUT2D eigenvalue weighted by Gasteiger charge is -2.32. The quantitative estimate of drug-likeness (QED) is 0.501. The van der Waals surface area contributed by atoms with Gasteiger partial charge < -0.3 is 24.8 Å². The molecule has 1 aliphatic heterocycles. The van der Waals surface area contributed by atoms with Gasteiger partial charge in [-0.2, -0.15) is 0 Å². The normalized spacial score (nSPS) is 15.1. The zero-order valence-electron chi connectivity index (χ0n) is 18.4. The molecule has 1 fully saturated rings. The number of aromatic nitrogens is 2. The number of anilines is 1. The second-order valence-corrected chi connectivity index (χ2v) is 8.42. The minimum absolute atomic E-state index is 0.218. The molecule has 0 bridgehead atoms. The fourth-order valence-electron chi connectivity index (χ4n) is 4.10. The summed E-state index contributed by atoms with van der Waals surface area (Å²) in [5, 5.41) is 7.30. The summed E-state index contributed by atoms with van der Waals surface area (Å²) in [6.07, 6.45) is 2.10. The molecule has 4 rings (SSSR count).